The number of halogens is 2. The molecule has 0 bridgehead atoms. The van der Waals surface area contributed by atoms with E-state index in [4.69, 9.17) is 32.7 Å². The van der Waals surface area contributed by atoms with E-state index in [1.807, 2.05) is 0 Å². The van der Waals surface area contributed by atoms with Crippen LogP contribution in [0.15, 0.2) is 42.1 Å². The van der Waals surface area contributed by atoms with Crippen LogP contribution in [0.3, 0.4) is 0 Å². The molecule has 2 aliphatic heterocycles. The second kappa shape index (κ2) is 5.98. The predicted molar refractivity (Wildman–Crippen MR) is 93.0 cm³/mol. The topological polar surface area (TPSA) is 67.9 Å². The summed E-state index contributed by atoms with van der Waals surface area (Å²) in [5.74, 6) is 0.565. The summed E-state index contributed by atoms with van der Waals surface area (Å²) < 4.78 is 10.5. The second-order valence-electron chi connectivity index (χ2n) is 5.34. The van der Waals surface area contributed by atoms with Crippen molar-refractivity contribution in [2.24, 2.45) is 0 Å². The molecule has 6 nitrogen and oxygen atoms in total. The Labute approximate surface area is 152 Å². The monoisotopic (exact) mass is 376 g/mol. The van der Waals surface area contributed by atoms with Crippen molar-refractivity contribution in [2.75, 3.05) is 11.7 Å². The maximum absolute atomic E-state index is 12.6. The summed E-state index contributed by atoms with van der Waals surface area (Å²) in [7, 11) is 0. The Bertz CT molecular complexity index is 942. The minimum Gasteiger partial charge on any atom is -0.454 e. The van der Waals surface area contributed by atoms with Crippen molar-refractivity contribution in [3.05, 3.63) is 57.7 Å². The highest BCUT2D eigenvalue weighted by molar-refractivity contribution is 6.34. The number of nitrogens with zero attached hydrogens (tertiary/aromatic N) is 1. The third-order valence-corrected chi connectivity index (χ3v) is 4.30. The number of rotatable bonds is 2. The molecule has 0 aliphatic carbocycles. The number of nitrogens with one attached hydrogen (secondary N) is 1. The van der Waals surface area contributed by atoms with Gasteiger partial charge in [-0.3, -0.25) is 4.79 Å². The van der Waals surface area contributed by atoms with E-state index in [-0.39, 0.29) is 12.5 Å². The Kier molecular flexibility index (Phi) is 3.78. The van der Waals surface area contributed by atoms with E-state index in [1.54, 1.807) is 30.3 Å². The molecule has 2 heterocycles. The number of fused-ring (bicyclic) bond motifs is 1. The van der Waals surface area contributed by atoms with Gasteiger partial charge in [0.25, 0.3) is 5.91 Å². The van der Waals surface area contributed by atoms with Crippen LogP contribution < -0.4 is 19.7 Å². The van der Waals surface area contributed by atoms with Crippen LogP contribution in [0.4, 0.5) is 10.5 Å². The Morgan fingerprint density at radius 1 is 1.08 bits per heavy atom. The number of urea groups is 1. The molecule has 1 fully saturated rings. The van der Waals surface area contributed by atoms with Crippen molar-refractivity contribution < 1.29 is 19.1 Å². The lowest BCUT2D eigenvalue weighted by Crippen LogP contribution is -2.30. The van der Waals surface area contributed by atoms with Crippen LogP contribution in [-0.4, -0.2) is 18.7 Å². The Morgan fingerprint density at radius 2 is 1.84 bits per heavy atom. The van der Waals surface area contributed by atoms with Gasteiger partial charge in [0.2, 0.25) is 6.79 Å². The van der Waals surface area contributed by atoms with Crippen LogP contribution in [0.25, 0.3) is 6.08 Å². The highest BCUT2D eigenvalue weighted by Crippen LogP contribution is 2.37. The van der Waals surface area contributed by atoms with Crippen LogP contribution >= 0.6 is 23.2 Å². The summed E-state index contributed by atoms with van der Waals surface area (Å²) >= 11 is 12.1. The normalized spacial score (nSPS) is 17.4. The Balaban J connectivity index is 1.69. The van der Waals surface area contributed by atoms with Gasteiger partial charge in [0.15, 0.2) is 11.5 Å². The maximum atomic E-state index is 12.6. The molecule has 2 aromatic rings. The zero-order valence-electron chi connectivity index (χ0n) is 12.6. The van der Waals surface area contributed by atoms with Gasteiger partial charge in [-0.05, 0) is 35.9 Å². The van der Waals surface area contributed by atoms with Crippen LogP contribution in [0, 0.1) is 0 Å². The number of carbonyl (C=O) groups excluding carboxylic acids is 2. The molecule has 2 aliphatic rings. The summed E-state index contributed by atoms with van der Waals surface area (Å²) in [6.07, 6.45) is 1.50. The second-order valence-corrected chi connectivity index (χ2v) is 6.18. The van der Waals surface area contributed by atoms with Crippen LogP contribution in [-0.2, 0) is 4.79 Å². The molecule has 4 rings (SSSR count). The molecule has 8 heteroatoms. The van der Waals surface area contributed by atoms with E-state index in [1.165, 1.54) is 12.1 Å². The van der Waals surface area contributed by atoms with Gasteiger partial charge in [0.05, 0.1) is 10.7 Å². The highest BCUT2D eigenvalue weighted by Gasteiger charge is 2.35. The molecule has 0 unspecified atom stereocenters. The fourth-order valence-corrected chi connectivity index (χ4v) is 2.98. The van der Waals surface area contributed by atoms with E-state index < -0.39 is 11.9 Å². The molecular weight excluding hydrogens is 367 g/mol. The lowest BCUT2D eigenvalue weighted by atomic mass is 10.1. The molecule has 0 atom stereocenters. The number of hydrogen-bond donors (Lipinski definition) is 1. The first-order valence-corrected chi connectivity index (χ1v) is 8.00. The van der Waals surface area contributed by atoms with E-state index in [2.05, 4.69) is 5.32 Å². The minimum atomic E-state index is -0.560. The smallest absolute Gasteiger partial charge is 0.333 e. The standard InChI is InChI=1S/C17H10Cl2N2O4/c18-10-2-1-3-11(6-10)21-16(22)13(20-17(21)23)4-9-5-14-15(7-12(9)19)25-8-24-14/h1-7H,8H2,(H,20,23)/b13-4-. The molecule has 2 aromatic carbocycles. The predicted octanol–water partition coefficient (Wildman–Crippen LogP) is 3.82. The number of imide groups is 1. The fraction of sp³-hybridized carbons (Fsp3) is 0.0588. The number of carbonyl (C=O) groups is 2. The molecule has 3 amide bonds. The van der Waals surface area contributed by atoms with Gasteiger partial charge in [-0.1, -0.05) is 29.3 Å². The zero-order valence-corrected chi connectivity index (χ0v) is 14.1. The Morgan fingerprint density at radius 3 is 2.60 bits per heavy atom. The van der Waals surface area contributed by atoms with Crippen molar-refractivity contribution in [3.63, 3.8) is 0 Å². The number of benzene rings is 2. The average molecular weight is 377 g/mol. The van der Waals surface area contributed by atoms with Gasteiger partial charge in [-0.15, -0.1) is 0 Å². The molecule has 0 spiro atoms. The summed E-state index contributed by atoms with van der Waals surface area (Å²) in [5.41, 5.74) is 1.02. The molecule has 0 radical (unpaired) electrons. The lowest BCUT2D eigenvalue weighted by Gasteiger charge is -2.11. The van der Waals surface area contributed by atoms with Crippen LogP contribution in [0.2, 0.25) is 10.0 Å². The van der Waals surface area contributed by atoms with Crippen molar-refractivity contribution >= 4 is 46.9 Å². The first-order chi connectivity index (χ1) is 12.0. The third kappa shape index (κ3) is 2.79. The van der Waals surface area contributed by atoms with Crippen molar-refractivity contribution in [2.45, 2.75) is 0 Å². The molecule has 1 N–H and O–H groups in total. The molecule has 1 saturated heterocycles. The van der Waals surface area contributed by atoms with E-state index in [0.717, 1.165) is 4.90 Å². The van der Waals surface area contributed by atoms with Gasteiger partial charge in [-0.25, -0.2) is 9.69 Å². The van der Waals surface area contributed by atoms with Gasteiger partial charge < -0.3 is 14.8 Å². The van der Waals surface area contributed by atoms with Gasteiger partial charge in [-0.2, -0.15) is 0 Å². The van der Waals surface area contributed by atoms with Crippen LogP contribution in [0.1, 0.15) is 5.56 Å². The summed E-state index contributed by atoms with van der Waals surface area (Å²) in [6, 6.07) is 9.18. The van der Waals surface area contributed by atoms with Gasteiger partial charge in [0, 0.05) is 11.1 Å². The van der Waals surface area contributed by atoms with Crippen molar-refractivity contribution in [1.29, 1.82) is 0 Å². The third-order valence-electron chi connectivity index (χ3n) is 3.74. The number of amides is 3. The summed E-state index contributed by atoms with van der Waals surface area (Å²) in [4.78, 5) is 25.8. The van der Waals surface area contributed by atoms with E-state index >= 15 is 0 Å². The zero-order chi connectivity index (χ0) is 17.6. The minimum absolute atomic E-state index is 0.103. The van der Waals surface area contributed by atoms with Gasteiger partial charge in [0.1, 0.15) is 5.70 Å². The average Bonchev–Trinajstić information content (AvgIpc) is 3.12. The molecule has 0 aromatic heterocycles. The summed E-state index contributed by atoms with van der Waals surface area (Å²) in [5, 5.41) is 3.34. The quantitative estimate of drug-likeness (QED) is 0.638. The van der Waals surface area contributed by atoms with E-state index in [0.29, 0.717) is 32.8 Å². The lowest BCUT2D eigenvalue weighted by molar-refractivity contribution is -0.113. The molecular formula is C17H10Cl2N2O4. The van der Waals surface area contributed by atoms with Crippen molar-refractivity contribution in [1.82, 2.24) is 5.32 Å². The number of ether oxygens (including phenoxy) is 2. The van der Waals surface area contributed by atoms with Crippen molar-refractivity contribution in [3.8, 4) is 11.5 Å². The maximum Gasteiger partial charge on any atom is 0.333 e. The molecule has 25 heavy (non-hydrogen) atoms. The summed E-state index contributed by atoms with van der Waals surface area (Å²) in [6.45, 7) is 0.115. The first-order valence-electron chi connectivity index (χ1n) is 7.25. The molecule has 0 saturated carbocycles. The largest absolute Gasteiger partial charge is 0.454 e. The fourth-order valence-electron chi connectivity index (χ4n) is 2.58. The van der Waals surface area contributed by atoms with Gasteiger partial charge >= 0.3 is 6.03 Å². The SMILES string of the molecule is O=C1N/C(=C\c2cc3c(cc2Cl)OCO3)C(=O)N1c1cccc(Cl)c1. The Hall–Kier alpha value is -2.70. The number of anilines is 1. The number of hydrogen-bond acceptors (Lipinski definition) is 4. The highest BCUT2D eigenvalue weighted by atomic mass is 35.5. The van der Waals surface area contributed by atoms with Crippen LogP contribution in [0.5, 0.6) is 11.5 Å². The molecule has 126 valence electrons. The first kappa shape index (κ1) is 15.8. The van der Waals surface area contributed by atoms with E-state index in [9.17, 15) is 9.59 Å².